The van der Waals surface area contributed by atoms with E-state index < -0.39 is 0 Å². The predicted octanol–water partition coefficient (Wildman–Crippen LogP) is 1.64. The Kier molecular flexibility index (Phi) is 5.56. The quantitative estimate of drug-likeness (QED) is 0.907. The fourth-order valence-electron chi connectivity index (χ4n) is 2.68. The van der Waals surface area contributed by atoms with Gasteiger partial charge >= 0.3 is 0 Å². The van der Waals surface area contributed by atoms with Gasteiger partial charge in [-0.25, -0.2) is 0 Å². The summed E-state index contributed by atoms with van der Waals surface area (Å²) in [5.74, 6) is 0.198. The third kappa shape index (κ3) is 3.81. The molecule has 1 N–H and O–H groups in total. The monoisotopic (exact) mass is 275 g/mol. The normalized spacial score (nSPS) is 16.7. The number of hydrogen-bond acceptors (Lipinski definition) is 3. The highest BCUT2D eigenvalue weighted by Gasteiger charge is 2.19. The van der Waals surface area contributed by atoms with Gasteiger partial charge in [0, 0.05) is 25.3 Å². The third-order valence-corrected chi connectivity index (χ3v) is 3.82. The van der Waals surface area contributed by atoms with Crippen LogP contribution >= 0.6 is 0 Å². The molecule has 1 aliphatic heterocycles. The first-order chi connectivity index (χ1) is 9.72. The fraction of sp³-hybridized carbons (Fsp3) is 0.562. The van der Waals surface area contributed by atoms with Gasteiger partial charge in [-0.15, -0.1) is 0 Å². The van der Waals surface area contributed by atoms with Gasteiger partial charge < -0.3 is 10.2 Å². The molecule has 1 aliphatic rings. The number of amides is 1. The predicted molar refractivity (Wildman–Crippen MR) is 83.1 cm³/mol. The Morgan fingerprint density at radius 3 is 2.85 bits per heavy atom. The first-order valence-corrected chi connectivity index (χ1v) is 7.51. The van der Waals surface area contributed by atoms with E-state index in [0.717, 1.165) is 50.4 Å². The summed E-state index contributed by atoms with van der Waals surface area (Å²) in [6.45, 7) is 9.32. The molecule has 1 aromatic carbocycles. The first kappa shape index (κ1) is 15.0. The number of hydrogen-bond donors (Lipinski definition) is 1. The average molecular weight is 275 g/mol. The maximum Gasteiger partial charge on any atom is 0.241 e. The smallest absolute Gasteiger partial charge is 0.241 e. The highest BCUT2D eigenvalue weighted by Crippen LogP contribution is 2.19. The lowest BCUT2D eigenvalue weighted by Gasteiger charge is -2.26. The highest BCUT2D eigenvalue weighted by atomic mass is 16.2. The Morgan fingerprint density at radius 2 is 2.10 bits per heavy atom. The van der Waals surface area contributed by atoms with E-state index in [4.69, 9.17) is 0 Å². The van der Waals surface area contributed by atoms with E-state index in [9.17, 15) is 4.79 Å². The van der Waals surface area contributed by atoms with Crippen molar-refractivity contribution in [2.75, 3.05) is 44.2 Å². The van der Waals surface area contributed by atoms with Crippen molar-refractivity contribution in [3.05, 3.63) is 29.8 Å². The van der Waals surface area contributed by atoms with Crippen LogP contribution in [-0.2, 0) is 4.79 Å². The molecule has 20 heavy (non-hydrogen) atoms. The van der Waals surface area contributed by atoms with Crippen LogP contribution in [0.1, 0.15) is 18.9 Å². The minimum atomic E-state index is 0.198. The van der Waals surface area contributed by atoms with Crippen molar-refractivity contribution in [1.82, 2.24) is 10.2 Å². The average Bonchev–Trinajstić information content (AvgIpc) is 2.70. The summed E-state index contributed by atoms with van der Waals surface area (Å²) in [6, 6.07) is 8.09. The van der Waals surface area contributed by atoms with Crippen molar-refractivity contribution in [3.63, 3.8) is 0 Å². The number of nitrogens with one attached hydrogen (secondary N) is 1. The molecule has 4 heteroatoms. The molecule has 1 amide bonds. The molecule has 0 aliphatic carbocycles. The molecule has 0 unspecified atom stereocenters. The molecular weight excluding hydrogens is 250 g/mol. The maximum absolute atomic E-state index is 12.6. The van der Waals surface area contributed by atoms with E-state index >= 15 is 0 Å². The van der Waals surface area contributed by atoms with Gasteiger partial charge in [0.25, 0.3) is 0 Å². The molecule has 0 radical (unpaired) electrons. The summed E-state index contributed by atoms with van der Waals surface area (Å²) >= 11 is 0. The van der Waals surface area contributed by atoms with E-state index in [1.165, 1.54) is 0 Å². The van der Waals surface area contributed by atoms with Gasteiger partial charge in [-0.3, -0.25) is 9.69 Å². The zero-order valence-electron chi connectivity index (χ0n) is 12.6. The molecular formula is C16H25N3O. The van der Waals surface area contributed by atoms with Crippen LogP contribution < -0.4 is 10.2 Å². The molecule has 110 valence electrons. The molecule has 1 saturated heterocycles. The minimum Gasteiger partial charge on any atom is -0.315 e. The van der Waals surface area contributed by atoms with Crippen molar-refractivity contribution in [1.29, 1.82) is 0 Å². The standard InChI is InChI=1S/C16H25N3O/c1-3-19(15-8-5-4-7-14(15)2)16(20)13-18-11-6-9-17-10-12-18/h4-5,7-8,17H,3,6,9-13H2,1-2H3. The van der Waals surface area contributed by atoms with Crippen molar-refractivity contribution < 1.29 is 4.79 Å². The molecule has 1 fully saturated rings. The summed E-state index contributed by atoms with van der Waals surface area (Å²) < 4.78 is 0. The van der Waals surface area contributed by atoms with E-state index in [-0.39, 0.29) is 5.91 Å². The molecule has 4 nitrogen and oxygen atoms in total. The second kappa shape index (κ2) is 7.41. The highest BCUT2D eigenvalue weighted by molar-refractivity contribution is 5.95. The van der Waals surface area contributed by atoms with Crippen molar-refractivity contribution in [2.24, 2.45) is 0 Å². The first-order valence-electron chi connectivity index (χ1n) is 7.51. The van der Waals surface area contributed by atoms with Crippen molar-refractivity contribution in [2.45, 2.75) is 20.3 Å². The Morgan fingerprint density at radius 1 is 1.30 bits per heavy atom. The molecule has 0 bridgehead atoms. The lowest BCUT2D eigenvalue weighted by molar-refractivity contribution is -0.119. The van der Waals surface area contributed by atoms with Crippen LogP contribution in [0.15, 0.2) is 24.3 Å². The molecule has 1 heterocycles. The van der Waals surface area contributed by atoms with Gasteiger partial charge in [-0.1, -0.05) is 18.2 Å². The number of carbonyl (C=O) groups is 1. The Hall–Kier alpha value is -1.39. The number of para-hydroxylation sites is 1. The van der Waals surface area contributed by atoms with Crippen LogP contribution in [-0.4, -0.2) is 50.1 Å². The van der Waals surface area contributed by atoms with Gasteiger partial charge in [0.05, 0.1) is 6.54 Å². The summed E-state index contributed by atoms with van der Waals surface area (Å²) in [4.78, 5) is 16.7. The lowest BCUT2D eigenvalue weighted by atomic mass is 10.2. The SMILES string of the molecule is CCN(C(=O)CN1CCCNCC1)c1ccccc1C. The van der Waals surface area contributed by atoms with Crippen molar-refractivity contribution >= 4 is 11.6 Å². The van der Waals surface area contributed by atoms with Crippen molar-refractivity contribution in [3.8, 4) is 0 Å². The van der Waals surface area contributed by atoms with E-state index in [1.807, 2.05) is 30.0 Å². The van der Waals surface area contributed by atoms with Crippen LogP contribution in [0.5, 0.6) is 0 Å². The maximum atomic E-state index is 12.6. The Bertz CT molecular complexity index is 439. The Balaban J connectivity index is 2.03. The van der Waals surface area contributed by atoms with Gasteiger partial charge in [-0.2, -0.15) is 0 Å². The third-order valence-electron chi connectivity index (χ3n) is 3.82. The van der Waals surface area contributed by atoms with Crippen LogP contribution in [0.3, 0.4) is 0 Å². The molecule has 0 aromatic heterocycles. The van der Waals surface area contributed by atoms with E-state index in [2.05, 4.69) is 23.2 Å². The molecule has 0 spiro atoms. The number of benzene rings is 1. The van der Waals surface area contributed by atoms with Crippen LogP contribution in [0.2, 0.25) is 0 Å². The van der Waals surface area contributed by atoms with Crippen LogP contribution in [0, 0.1) is 6.92 Å². The number of nitrogens with zero attached hydrogens (tertiary/aromatic N) is 2. The minimum absolute atomic E-state index is 0.198. The van der Waals surface area contributed by atoms with Crippen LogP contribution in [0.25, 0.3) is 0 Å². The Labute approximate surface area is 121 Å². The summed E-state index contributed by atoms with van der Waals surface area (Å²) in [5, 5.41) is 3.37. The number of rotatable bonds is 4. The fourth-order valence-corrected chi connectivity index (χ4v) is 2.68. The second-order valence-corrected chi connectivity index (χ2v) is 5.30. The number of carbonyl (C=O) groups excluding carboxylic acids is 1. The lowest BCUT2D eigenvalue weighted by Crippen LogP contribution is -2.41. The zero-order chi connectivity index (χ0) is 14.4. The molecule has 1 aromatic rings. The summed E-state index contributed by atoms with van der Waals surface area (Å²) in [7, 11) is 0. The molecule has 2 rings (SSSR count). The van der Waals surface area contributed by atoms with E-state index in [0.29, 0.717) is 6.54 Å². The van der Waals surface area contributed by atoms with E-state index in [1.54, 1.807) is 0 Å². The number of anilines is 1. The summed E-state index contributed by atoms with van der Waals surface area (Å²) in [5.41, 5.74) is 2.19. The van der Waals surface area contributed by atoms with Crippen LogP contribution in [0.4, 0.5) is 5.69 Å². The molecule has 0 saturated carbocycles. The topological polar surface area (TPSA) is 35.6 Å². The van der Waals surface area contributed by atoms with Gasteiger partial charge in [0.2, 0.25) is 5.91 Å². The zero-order valence-corrected chi connectivity index (χ0v) is 12.6. The summed E-state index contributed by atoms with van der Waals surface area (Å²) in [6.07, 6.45) is 1.11. The van der Waals surface area contributed by atoms with Gasteiger partial charge in [0.1, 0.15) is 0 Å². The van der Waals surface area contributed by atoms with Gasteiger partial charge in [-0.05, 0) is 45.0 Å². The van der Waals surface area contributed by atoms with Gasteiger partial charge in [0.15, 0.2) is 0 Å². The largest absolute Gasteiger partial charge is 0.315 e. The number of likely N-dealkylation sites (N-methyl/N-ethyl adjacent to an activating group) is 1. The second-order valence-electron chi connectivity index (χ2n) is 5.30. The molecule has 0 atom stereocenters. The number of aryl methyl sites for hydroxylation is 1.